The minimum Gasteiger partial charge on any atom is -0.351 e. The van der Waals surface area contributed by atoms with Gasteiger partial charge in [0.2, 0.25) is 0 Å². The summed E-state index contributed by atoms with van der Waals surface area (Å²) in [5.41, 5.74) is 6.19. The number of nitrogens with two attached hydrogens (primary N) is 1. The van der Waals surface area contributed by atoms with Gasteiger partial charge in [-0.1, -0.05) is 6.42 Å². The highest BCUT2D eigenvalue weighted by Gasteiger charge is 2.21. The zero-order chi connectivity index (χ0) is 16.4. The molecule has 0 saturated carbocycles. The van der Waals surface area contributed by atoms with Crippen LogP contribution in [0.4, 0.5) is 0 Å². The summed E-state index contributed by atoms with van der Waals surface area (Å²) in [4.78, 5) is 31.1. The zero-order valence-corrected chi connectivity index (χ0v) is 14.2. The molecule has 124 valence electrons. The van der Waals surface area contributed by atoms with Gasteiger partial charge in [0.15, 0.2) is 0 Å². The Hall–Kier alpha value is -1.73. The quantitative estimate of drug-likeness (QED) is 0.831. The van der Waals surface area contributed by atoms with Crippen molar-refractivity contribution in [2.45, 2.75) is 45.6 Å². The van der Waals surface area contributed by atoms with Crippen molar-refractivity contribution in [3.63, 3.8) is 0 Å². The highest BCUT2D eigenvalue weighted by Crippen LogP contribution is 2.28. The SMILES string of the molecule is Cc1c(C(=O)NCCCN)sc2nc3n(c(=O)c12)CCCCC3. The molecule has 1 aliphatic rings. The minimum absolute atomic E-state index is 0.00154. The molecule has 0 radical (unpaired) electrons. The maximum absolute atomic E-state index is 12.8. The third-order valence-corrected chi connectivity index (χ3v) is 5.47. The molecular formula is C16H22N4O2S. The molecule has 1 aliphatic heterocycles. The van der Waals surface area contributed by atoms with Crippen LogP contribution in [0, 0.1) is 6.92 Å². The number of rotatable bonds is 4. The minimum atomic E-state index is -0.140. The molecule has 3 N–H and O–H groups in total. The van der Waals surface area contributed by atoms with E-state index in [1.54, 1.807) is 4.57 Å². The molecule has 3 rings (SSSR count). The van der Waals surface area contributed by atoms with Crippen LogP contribution in [0.25, 0.3) is 10.2 Å². The number of aromatic nitrogens is 2. The average molecular weight is 334 g/mol. The van der Waals surface area contributed by atoms with E-state index in [1.165, 1.54) is 11.3 Å². The summed E-state index contributed by atoms with van der Waals surface area (Å²) in [6, 6.07) is 0. The number of nitrogens with one attached hydrogen (secondary N) is 1. The monoisotopic (exact) mass is 334 g/mol. The van der Waals surface area contributed by atoms with E-state index in [1.807, 2.05) is 6.92 Å². The number of thiophene rings is 1. The van der Waals surface area contributed by atoms with Crippen LogP contribution in [0.2, 0.25) is 0 Å². The number of carbonyl (C=O) groups is 1. The van der Waals surface area contributed by atoms with Gasteiger partial charge < -0.3 is 11.1 Å². The Morgan fingerprint density at radius 2 is 2.22 bits per heavy atom. The summed E-state index contributed by atoms with van der Waals surface area (Å²) < 4.78 is 1.80. The van der Waals surface area contributed by atoms with Crippen LogP contribution in [0.1, 0.15) is 46.7 Å². The molecule has 2 aromatic heterocycles. The van der Waals surface area contributed by atoms with Crippen molar-refractivity contribution in [3.05, 3.63) is 26.6 Å². The Morgan fingerprint density at radius 3 is 3.00 bits per heavy atom. The maximum Gasteiger partial charge on any atom is 0.262 e. The van der Waals surface area contributed by atoms with Crippen molar-refractivity contribution in [2.24, 2.45) is 5.73 Å². The van der Waals surface area contributed by atoms with Crippen LogP contribution >= 0.6 is 11.3 Å². The van der Waals surface area contributed by atoms with Gasteiger partial charge in [-0.05, 0) is 38.3 Å². The van der Waals surface area contributed by atoms with Crippen LogP contribution in [0.5, 0.6) is 0 Å². The smallest absolute Gasteiger partial charge is 0.262 e. The summed E-state index contributed by atoms with van der Waals surface area (Å²) in [5, 5.41) is 3.46. The Kier molecular flexibility index (Phi) is 4.77. The fourth-order valence-electron chi connectivity index (χ4n) is 3.01. The molecule has 7 heteroatoms. The molecule has 2 aromatic rings. The molecular weight excluding hydrogens is 312 g/mol. The first-order valence-electron chi connectivity index (χ1n) is 8.14. The van der Waals surface area contributed by atoms with Crippen LogP contribution in [-0.4, -0.2) is 28.5 Å². The summed E-state index contributed by atoms with van der Waals surface area (Å²) >= 11 is 1.32. The normalized spacial score (nSPS) is 14.5. The van der Waals surface area contributed by atoms with Crippen molar-refractivity contribution in [1.29, 1.82) is 0 Å². The first-order chi connectivity index (χ1) is 11.1. The van der Waals surface area contributed by atoms with Crippen molar-refractivity contribution in [3.8, 4) is 0 Å². The molecule has 0 aromatic carbocycles. The Morgan fingerprint density at radius 1 is 1.39 bits per heavy atom. The molecule has 3 heterocycles. The number of amides is 1. The van der Waals surface area contributed by atoms with E-state index in [2.05, 4.69) is 10.3 Å². The third kappa shape index (κ3) is 3.03. The van der Waals surface area contributed by atoms with Gasteiger partial charge >= 0.3 is 0 Å². The molecule has 0 unspecified atom stereocenters. The van der Waals surface area contributed by atoms with Crippen LogP contribution in [0.3, 0.4) is 0 Å². The largest absolute Gasteiger partial charge is 0.351 e. The van der Waals surface area contributed by atoms with Gasteiger partial charge in [0.25, 0.3) is 11.5 Å². The average Bonchev–Trinajstić information content (AvgIpc) is 2.71. The van der Waals surface area contributed by atoms with Gasteiger partial charge in [-0.25, -0.2) is 4.98 Å². The molecule has 6 nitrogen and oxygen atoms in total. The summed E-state index contributed by atoms with van der Waals surface area (Å²) in [7, 11) is 0. The van der Waals surface area contributed by atoms with E-state index >= 15 is 0 Å². The van der Waals surface area contributed by atoms with Crippen molar-refractivity contribution in [2.75, 3.05) is 13.1 Å². The summed E-state index contributed by atoms with van der Waals surface area (Å²) in [5.74, 6) is 0.717. The fraction of sp³-hybridized carbons (Fsp3) is 0.562. The highest BCUT2D eigenvalue weighted by molar-refractivity contribution is 7.20. The number of fused-ring (bicyclic) bond motifs is 2. The van der Waals surface area contributed by atoms with Crippen molar-refractivity contribution >= 4 is 27.5 Å². The molecule has 0 saturated heterocycles. The van der Waals surface area contributed by atoms with Crippen LogP contribution in [0.15, 0.2) is 4.79 Å². The van der Waals surface area contributed by atoms with Crippen molar-refractivity contribution < 1.29 is 4.79 Å². The van der Waals surface area contributed by atoms with E-state index in [4.69, 9.17) is 5.73 Å². The van der Waals surface area contributed by atoms with Gasteiger partial charge in [0.1, 0.15) is 10.7 Å². The van der Waals surface area contributed by atoms with E-state index in [-0.39, 0.29) is 11.5 Å². The van der Waals surface area contributed by atoms with Crippen LogP contribution in [-0.2, 0) is 13.0 Å². The van der Waals surface area contributed by atoms with E-state index in [0.29, 0.717) is 28.2 Å². The van der Waals surface area contributed by atoms with Gasteiger partial charge in [-0.15, -0.1) is 11.3 Å². The lowest BCUT2D eigenvalue weighted by atomic mass is 10.2. The molecule has 1 amide bonds. The Balaban J connectivity index is 2.03. The Labute approximate surface area is 138 Å². The van der Waals surface area contributed by atoms with Gasteiger partial charge in [-0.2, -0.15) is 0 Å². The van der Waals surface area contributed by atoms with Gasteiger partial charge in [0, 0.05) is 19.5 Å². The predicted octanol–water partition coefficient (Wildman–Crippen LogP) is 1.57. The number of carbonyl (C=O) groups excluding carboxylic acids is 1. The van der Waals surface area contributed by atoms with E-state index in [9.17, 15) is 9.59 Å². The third-order valence-electron chi connectivity index (χ3n) is 4.28. The second-order valence-electron chi connectivity index (χ2n) is 5.93. The molecule has 0 spiro atoms. The molecule has 0 atom stereocenters. The lowest BCUT2D eigenvalue weighted by molar-refractivity contribution is 0.0957. The first-order valence-corrected chi connectivity index (χ1v) is 8.96. The maximum atomic E-state index is 12.8. The number of nitrogens with zero attached hydrogens (tertiary/aromatic N) is 2. The second-order valence-corrected chi connectivity index (χ2v) is 6.93. The molecule has 0 aliphatic carbocycles. The topological polar surface area (TPSA) is 90.0 Å². The highest BCUT2D eigenvalue weighted by atomic mass is 32.1. The first kappa shape index (κ1) is 16.1. The molecule has 0 bridgehead atoms. The lowest BCUT2D eigenvalue weighted by Gasteiger charge is -2.08. The van der Waals surface area contributed by atoms with Gasteiger partial charge in [-0.3, -0.25) is 14.2 Å². The van der Waals surface area contributed by atoms with Crippen molar-refractivity contribution in [1.82, 2.24) is 14.9 Å². The summed E-state index contributed by atoms with van der Waals surface area (Å²) in [6.07, 6.45) is 4.78. The Bertz CT molecular complexity index is 793. The van der Waals surface area contributed by atoms with E-state index in [0.717, 1.165) is 50.0 Å². The van der Waals surface area contributed by atoms with E-state index < -0.39 is 0 Å². The van der Waals surface area contributed by atoms with Gasteiger partial charge in [0.05, 0.1) is 10.3 Å². The molecule has 23 heavy (non-hydrogen) atoms. The number of hydrogen-bond acceptors (Lipinski definition) is 5. The number of aryl methyl sites for hydroxylation is 2. The standard InChI is InChI=1S/C16H22N4O2S/c1-10-12-15(23-13(10)14(21)18-8-5-7-17)19-11-6-3-2-4-9-20(11)16(12)22/h2-9,17H2,1H3,(H,18,21). The predicted molar refractivity (Wildman–Crippen MR) is 92.2 cm³/mol. The second kappa shape index (κ2) is 6.80. The number of hydrogen-bond donors (Lipinski definition) is 2. The fourth-order valence-corrected chi connectivity index (χ4v) is 4.12. The summed E-state index contributed by atoms with van der Waals surface area (Å²) in [6.45, 7) is 3.65. The molecule has 0 fully saturated rings. The lowest BCUT2D eigenvalue weighted by Crippen LogP contribution is -2.26. The van der Waals surface area contributed by atoms with Crippen LogP contribution < -0.4 is 16.6 Å². The zero-order valence-electron chi connectivity index (χ0n) is 13.4.